The maximum Gasteiger partial charge on any atom is 0.264 e. The fourth-order valence-electron chi connectivity index (χ4n) is 3.22. The van der Waals surface area contributed by atoms with Crippen LogP contribution in [0.15, 0.2) is 48.8 Å². The molecule has 3 heterocycles. The lowest BCUT2D eigenvalue weighted by Crippen LogP contribution is -2.44. The predicted molar refractivity (Wildman–Crippen MR) is 98.5 cm³/mol. The fourth-order valence-corrected chi connectivity index (χ4v) is 3.22. The van der Waals surface area contributed by atoms with Gasteiger partial charge in [-0.15, -0.1) is 0 Å². The first-order valence-corrected chi connectivity index (χ1v) is 8.85. The number of amides is 1. The zero-order chi connectivity index (χ0) is 17.9. The van der Waals surface area contributed by atoms with Crippen molar-refractivity contribution < 1.29 is 14.3 Å². The Balaban J connectivity index is 1.37. The molecular formula is C20H21N3O3. The Hall–Kier alpha value is -3.02. The minimum Gasteiger partial charge on any atom is -0.485 e. The molecule has 0 saturated heterocycles. The van der Waals surface area contributed by atoms with E-state index < -0.39 is 6.10 Å². The van der Waals surface area contributed by atoms with Gasteiger partial charge in [0.1, 0.15) is 12.3 Å². The van der Waals surface area contributed by atoms with Crippen LogP contribution in [0.5, 0.6) is 11.5 Å². The van der Waals surface area contributed by atoms with Gasteiger partial charge in [0.2, 0.25) is 6.10 Å². The van der Waals surface area contributed by atoms with Crippen LogP contribution in [-0.4, -0.2) is 34.7 Å². The van der Waals surface area contributed by atoms with Crippen LogP contribution in [0, 0.1) is 0 Å². The van der Waals surface area contributed by atoms with Gasteiger partial charge in [-0.25, -0.2) is 4.98 Å². The summed E-state index contributed by atoms with van der Waals surface area (Å²) in [6, 6.07) is 11.4. The molecule has 0 aliphatic carbocycles. The van der Waals surface area contributed by atoms with E-state index in [-0.39, 0.29) is 12.5 Å². The number of nitrogens with one attached hydrogen (secondary N) is 1. The second-order valence-corrected chi connectivity index (χ2v) is 6.22. The van der Waals surface area contributed by atoms with Crippen LogP contribution in [-0.2, 0) is 17.8 Å². The molecule has 1 atom stereocenters. The molecule has 0 unspecified atom stereocenters. The van der Waals surface area contributed by atoms with Crippen LogP contribution in [0.1, 0.15) is 12.5 Å². The molecule has 4 rings (SSSR count). The van der Waals surface area contributed by atoms with Crippen molar-refractivity contribution in [1.82, 2.24) is 14.9 Å². The minimum absolute atomic E-state index is 0.156. The molecule has 1 aliphatic rings. The lowest BCUT2D eigenvalue weighted by molar-refractivity contribution is -0.130. The number of carbonyl (C=O) groups excluding carboxylic acids is 1. The average molecular weight is 351 g/mol. The van der Waals surface area contributed by atoms with E-state index in [1.54, 1.807) is 12.3 Å². The molecule has 0 radical (unpaired) electrons. The highest BCUT2D eigenvalue weighted by molar-refractivity contribution is 5.82. The van der Waals surface area contributed by atoms with Crippen molar-refractivity contribution in [2.75, 3.05) is 13.2 Å². The summed E-state index contributed by atoms with van der Waals surface area (Å²) in [6.45, 7) is 3.73. The second kappa shape index (κ2) is 7.07. The third-order valence-corrected chi connectivity index (χ3v) is 4.55. The largest absolute Gasteiger partial charge is 0.485 e. The highest BCUT2D eigenvalue weighted by Crippen LogP contribution is 2.30. The summed E-state index contributed by atoms with van der Waals surface area (Å²) in [5.74, 6) is 1.13. The number of pyridine rings is 1. The van der Waals surface area contributed by atoms with Gasteiger partial charge >= 0.3 is 0 Å². The molecular weight excluding hydrogens is 330 g/mol. The summed E-state index contributed by atoms with van der Waals surface area (Å²) in [5, 5.41) is 4.08. The van der Waals surface area contributed by atoms with Gasteiger partial charge in [-0.1, -0.05) is 12.1 Å². The third-order valence-electron chi connectivity index (χ3n) is 4.55. The number of para-hydroxylation sites is 2. The van der Waals surface area contributed by atoms with Gasteiger partial charge < -0.3 is 19.4 Å². The average Bonchev–Trinajstić information content (AvgIpc) is 3.05. The molecule has 1 amide bonds. The van der Waals surface area contributed by atoms with Crippen LogP contribution in [0.3, 0.4) is 0 Å². The van der Waals surface area contributed by atoms with E-state index in [1.807, 2.05) is 24.3 Å². The Morgan fingerprint density at radius 2 is 2.12 bits per heavy atom. The van der Waals surface area contributed by atoms with Gasteiger partial charge in [-0.05, 0) is 43.2 Å². The molecule has 3 aromatic rings. The van der Waals surface area contributed by atoms with Crippen molar-refractivity contribution in [3.63, 3.8) is 0 Å². The number of nitrogens with zero attached hydrogens (tertiary/aromatic N) is 2. The smallest absolute Gasteiger partial charge is 0.264 e. The van der Waals surface area contributed by atoms with Gasteiger partial charge in [-0.3, -0.25) is 4.79 Å². The number of hydrogen-bond acceptors (Lipinski definition) is 4. The van der Waals surface area contributed by atoms with Crippen LogP contribution in [0.4, 0.5) is 0 Å². The summed E-state index contributed by atoms with van der Waals surface area (Å²) in [5.41, 5.74) is 2.17. The minimum atomic E-state index is -0.622. The number of hydrogen-bond donors (Lipinski definition) is 1. The Morgan fingerprint density at radius 1 is 1.27 bits per heavy atom. The number of benzene rings is 1. The first kappa shape index (κ1) is 16.4. The van der Waals surface area contributed by atoms with Crippen LogP contribution < -0.4 is 14.8 Å². The summed E-state index contributed by atoms with van der Waals surface area (Å²) in [6.07, 6.45) is 4.03. The number of aromatic nitrogens is 2. The lowest BCUT2D eigenvalue weighted by atomic mass is 10.1. The highest BCUT2D eigenvalue weighted by atomic mass is 16.6. The molecule has 1 aliphatic heterocycles. The number of aryl methyl sites for hydroxylation is 1. The van der Waals surface area contributed by atoms with Crippen molar-refractivity contribution in [3.8, 4) is 11.5 Å². The first-order valence-electron chi connectivity index (χ1n) is 8.85. The number of fused-ring (bicyclic) bond motifs is 2. The molecule has 0 spiro atoms. The molecule has 0 saturated carbocycles. The van der Waals surface area contributed by atoms with E-state index in [2.05, 4.69) is 34.1 Å². The topological polar surface area (TPSA) is 65.4 Å². The van der Waals surface area contributed by atoms with Crippen molar-refractivity contribution in [1.29, 1.82) is 0 Å². The predicted octanol–water partition coefficient (Wildman–Crippen LogP) is 2.55. The van der Waals surface area contributed by atoms with E-state index >= 15 is 0 Å². The van der Waals surface area contributed by atoms with E-state index in [9.17, 15) is 4.79 Å². The van der Waals surface area contributed by atoms with Crippen molar-refractivity contribution in [2.45, 2.75) is 26.0 Å². The molecule has 1 aromatic carbocycles. The van der Waals surface area contributed by atoms with E-state index in [0.29, 0.717) is 18.0 Å². The number of rotatable bonds is 5. The maximum atomic E-state index is 12.4. The maximum absolute atomic E-state index is 12.4. The molecule has 6 heteroatoms. The van der Waals surface area contributed by atoms with Crippen LogP contribution >= 0.6 is 0 Å². The summed E-state index contributed by atoms with van der Waals surface area (Å²) in [4.78, 5) is 16.8. The van der Waals surface area contributed by atoms with Gasteiger partial charge in [0, 0.05) is 30.9 Å². The first-order chi connectivity index (χ1) is 12.8. The van der Waals surface area contributed by atoms with Gasteiger partial charge in [-0.2, -0.15) is 0 Å². The summed E-state index contributed by atoms with van der Waals surface area (Å²) in [7, 11) is 0. The molecule has 134 valence electrons. The number of ether oxygens (including phenoxy) is 2. The van der Waals surface area contributed by atoms with E-state index in [1.165, 1.54) is 5.56 Å². The highest BCUT2D eigenvalue weighted by Gasteiger charge is 2.26. The molecule has 0 fully saturated rings. The monoisotopic (exact) mass is 351 g/mol. The van der Waals surface area contributed by atoms with Crippen molar-refractivity contribution in [3.05, 3.63) is 54.4 Å². The Kier molecular flexibility index (Phi) is 4.48. The SMILES string of the molecule is CCn1cc(CCNC(=O)[C@H]2COc3ccccc3O2)c2cccnc21. The van der Waals surface area contributed by atoms with Gasteiger partial charge in [0.05, 0.1) is 0 Å². The Morgan fingerprint density at radius 3 is 2.96 bits per heavy atom. The Labute approximate surface area is 151 Å². The zero-order valence-corrected chi connectivity index (χ0v) is 14.6. The van der Waals surface area contributed by atoms with Crippen molar-refractivity contribution >= 4 is 16.9 Å². The number of carbonyl (C=O) groups is 1. The summed E-state index contributed by atoms with van der Waals surface area (Å²) >= 11 is 0. The van der Waals surface area contributed by atoms with Gasteiger partial charge in [0.25, 0.3) is 5.91 Å². The molecule has 0 bridgehead atoms. The standard InChI is InChI=1S/C20H21N3O3/c1-2-23-12-14(15-6-5-10-21-19(15)23)9-11-22-20(24)18-13-25-16-7-3-4-8-17(16)26-18/h3-8,10,12,18H,2,9,11,13H2,1H3,(H,22,24)/t18-/m1/s1. The lowest BCUT2D eigenvalue weighted by Gasteiger charge is -2.25. The molecule has 1 N–H and O–H groups in total. The van der Waals surface area contributed by atoms with Crippen molar-refractivity contribution in [2.24, 2.45) is 0 Å². The molecule has 6 nitrogen and oxygen atoms in total. The summed E-state index contributed by atoms with van der Waals surface area (Å²) < 4.78 is 13.5. The van der Waals surface area contributed by atoms with Crippen LogP contribution in [0.2, 0.25) is 0 Å². The van der Waals surface area contributed by atoms with Crippen LogP contribution in [0.25, 0.3) is 11.0 Å². The molecule has 2 aromatic heterocycles. The third kappa shape index (κ3) is 3.10. The van der Waals surface area contributed by atoms with Gasteiger partial charge in [0.15, 0.2) is 11.5 Å². The quantitative estimate of drug-likeness (QED) is 0.767. The molecule has 26 heavy (non-hydrogen) atoms. The normalized spacial score (nSPS) is 15.8. The Bertz CT molecular complexity index is 935. The fraction of sp³-hybridized carbons (Fsp3) is 0.300. The zero-order valence-electron chi connectivity index (χ0n) is 14.6. The second-order valence-electron chi connectivity index (χ2n) is 6.22. The van der Waals surface area contributed by atoms with E-state index in [0.717, 1.165) is 24.0 Å². The van der Waals surface area contributed by atoms with E-state index in [4.69, 9.17) is 9.47 Å².